The zero-order valence-electron chi connectivity index (χ0n) is 14.5. The van der Waals surface area contributed by atoms with Crippen LogP contribution in [0.5, 0.6) is 0 Å². The first-order valence-corrected chi connectivity index (χ1v) is 8.54. The average Bonchev–Trinajstić information content (AvgIpc) is 2.70. The van der Waals surface area contributed by atoms with Crippen LogP contribution in [0.25, 0.3) is 10.9 Å². The standard InChI is InChI=1S/C23H18N2O/c1-17-12-14-19(15-13-17)23(26)25(20-9-3-2-4-10-20)21-11-5-7-18-8-6-16-24-22(18)21/h2-16H,1H3. The van der Waals surface area contributed by atoms with Crippen molar-refractivity contribution in [3.05, 3.63) is 102 Å². The molecule has 126 valence electrons. The Balaban J connectivity index is 1.91. The number of carbonyl (C=O) groups excluding carboxylic acids is 1. The van der Waals surface area contributed by atoms with Crippen molar-refractivity contribution < 1.29 is 4.79 Å². The zero-order chi connectivity index (χ0) is 17.9. The number of amides is 1. The van der Waals surface area contributed by atoms with E-state index in [0.717, 1.165) is 27.8 Å². The summed E-state index contributed by atoms with van der Waals surface area (Å²) < 4.78 is 0. The molecule has 3 aromatic carbocycles. The van der Waals surface area contributed by atoms with Crippen molar-refractivity contribution in [1.82, 2.24) is 4.98 Å². The highest BCUT2D eigenvalue weighted by molar-refractivity contribution is 6.14. The molecular formula is C23H18N2O. The van der Waals surface area contributed by atoms with E-state index in [4.69, 9.17) is 0 Å². The Kier molecular flexibility index (Phi) is 4.20. The number of carbonyl (C=O) groups is 1. The van der Waals surface area contributed by atoms with Crippen molar-refractivity contribution in [3.8, 4) is 0 Å². The van der Waals surface area contributed by atoms with Crippen LogP contribution in [-0.4, -0.2) is 10.9 Å². The Bertz CT molecular complexity index is 1050. The fraction of sp³-hybridized carbons (Fsp3) is 0.0435. The van der Waals surface area contributed by atoms with Crippen LogP contribution in [0.4, 0.5) is 11.4 Å². The summed E-state index contributed by atoms with van der Waals surface area (Å²) in [5, 5.41) is 1.00. The second kappa shape index (κ2) is 6.81. The molecule has 0 fully saturated rings. The van der Waals surface area contributed by atoms with E-state index >= 15 is 0 Å². The van der Waals surface area contributed by atoms with Crippen molar-refractivity contribution in [1.29, 1.82) is 0 Å². The minimum absolute atomic E-state index is 0.0747. The molecule has 1 amide bonds. The van der Waals surface area contributed by atoms with Gasteiger partial charge in [0.1, 0.15) is 0 Å². The van der Waals surface area contributed by atoms with E-state index in [0.29, 0.717) is 5.56 Å². The Morgan fingerprint density at radius 1 is 0.808 bits per heavy atom. The molecule has 0 bridgehead atoms. The van der Waals surface area contributed by atoms with Gasteiger partial charge >= 0.3 is 0 Å². The van der Waals surface area contributed by atoms with Crippen LogP contribution in [0.1, 0.15) is 15.9 Å². The number of hydrogen-bond acceptors (Lipinski definition) is 2. The van der Waals surface area contributed by atoms with E-state index < -0.39 is 0 Å². The molecule has 26 heavy (non-hydrogen) atoms. The number of aryl methyl sites for hydroxylation is 1. The maximum Gasteiger partial charge on any atom is 0.262 e. The van der Waals surface area contributed by atoms with Crippen molar-refractivity contribution >= 4 is 28.2 Å². The molecule has 1 heterocycles. The first-order chi connectivity index (χ1) is 12.7. The Morgan fingerprint density at radius 2 is 1.54 bits per heavy atom. The maximum absolute atomic E-state index is 13.4. The number of hydrogen-bond donors (Lipinski definition) is 0. The van der Waals surface area contributed by atoms with Crippen LogP contribution in [0.15, 0.2) is 91.1 Å². The van der Waals surface area contributed by atoms with Crippen LogP contribution >= 0.6 is 0 Å². The van der Waals surface area contributed by atoms with Gasteiger partial charge in [0.25, 0.3) is 5.91 Å². The van der Waals surface area contributed by atoms with Crippen molar-refractivity contribution in [3.63, 3.8) is 0 Å². The number of benzene rings is 3. The molecule has 0 unspecified atom stereocenters. The van der Waals surface area contributed by atoms with Gasteiger partial charge in [-0.25, -0.2) is 0 Å². The lowest BCUT2D eigenvalue weighted by Gasteiger charge is -2.24. The normalized spacial score (nSPS) is 10.7. The lowest BCUT2D eigenvalue weighted by Crippen LogP contribution is -2.26. The summed E-state index contributed by atoms with van der Waals surface area (Å²) in [7, 11) is 0. The third kappa shape index (κ3) is 2.95. The van der Waals surface area contributed by atoms with Crippen LogP contribution in [0.2, 0.25) is 0 Å². The lowest BCUT2D eigenvalue weighted by molar-refractivity contribution is 0.0999. The van der Waals surface area contributed by atoms with Gasteiger partial charge in [0.2, 0.25) is 0 Å². The summed E-state index contributed by atoms with van der Waals surface area (Å²) in [6, 6.07) is 27.1. The van der Waals surface area contributed by atoms with Crippen molar-refractivity contribution in [2.45, 2.75) is 6.92 Å². The fourth-order valence-electron chi connectivity index (χ4n) is 3.04. The largest absolute Gasteiger partial charge is 0.275 e. The number of nitrogens with zero attached hydrogens (tertiary/aromatic N) is 2. The highest BCUT2D eigenvalue weighted by Gasteiger charge is 2.21. The van der Waals surface area contributed by atoms with Gasteiger partial charge in [-0.05, 0) is 43.3 Å². The molecule has 3 heteroatoms. The third-order valence-corrected chi connectivity index (χ3v) is 4.37. The molecular weight excluding hydrogens is 320 g/mol. The number of fused-ring (bicyclic) bond motifs is 1. The molecule has 1 aromatic heterocycles. The predicted octanol–water partition coefficient (Wildman–Crippen LogP) is 5.52. The van der Waals surface area contributed by atoms with Gasteiger partial charge in [0.05, 0.1) is 11.2 Å². The Morgan fingerprint density at radius 3 is 2.31 bits per heavy atom. The van der Waals surface area contributed by atoms with Gasteiger partial charge in [0.15, 0.2) is 0 Å². The summed E-state index contributed by atoms with van der Waals surface area (Å²) >= 11 is 0. The average molecular weight is 338 g/mol. The number of pyridine rings is 1. The highest BCUT2D eigenvalue weighted by Crippen LogP contribution is 2.32. The van der Waals surface area contributed by atoms with Crippen LogP contribution < -0.4 is 4.90 Å². The lowest BCUT2D eigenvalue weighted by atomic mass is 10.1. The molecule has 0 saturated carbocycles. The highest BCUT2D eigenvalue weighted by atomic mass is 16.2. The van der Waals surface area contributed by atoms with E-state index in [1.165, 1.54) is 0 Å². The minimum Gasteiger partial charge on any atom is -0.275 e. The van der Waals surface area contributed by atoms with E-state index in [1.54, 1.807) is 11.1 Å². The van der Waals surface area contributed by atoms with Crippen LogP contribution in [0.3, 0.4) is 0 Å². The monoisotopic (exact) mass is 338 g/mol. The summed E-state index contributed by atoms with van der Waals surface area (Å²) in [6.07, 6.45) is 1.76. The Labute approximate surface area is 152 Å². The molecule has 4 rings (SSSR count). The van der Waals surface area contributed by atoms with Crippen LogP contribution in [-0.2, 0) is 0 Å². The summed E-state index contributed by atoms with van der Waals surface area (Å²) in [5.74, 6) is -0.0747. The number of anilines is 2. The van der Waals surface area contributed by atoms with Gasteiger partial charge in [-0.2, -0.15) is 0 Å². The third-order valence-electron chi connectivity index (χ3n) is 4.37. The molecule has 0 radical (unpaired) electrons. The fourth-order valence-corrected chi connectivity index (χ4v) is 3.04. The molecule has 0 spiro atoms. The SMILES string of the molecule is Cc1ccc(C(=O)N(c2ccccc2)c2cccc3cccnc23)cc1. The van der Waals surface area contributed by atoms with Gasteiger partial charge in [-0.1, -0.05) is 54.1 Å². The summed E-state index contributed by atoms with van der Waals surface area (Å²) in [5.41, 5.74) is 4.17. The smallest absolute Gasteiger partial charge is 0.262 e. The Hall–Kier alpha value is -3.46. The maximum atomic E-state index is 13.4. The van der Waals surface area contributed by atoms with E-state index in [2.05, 4.69) is 4.98 Å². The van der Waals surface area contributed by atoms with Crippen molar-refractivity contribution in [2.24, 2.45) is 0 Å². The minimum atomic E-state index is -0.0747. The molecule has 0 aliphatic heterocycles. The molecule has 0 aliphatic carbocycles. The molecule has 0 atom stereocenters. The molecule has 0 N–H and O–H groups in total. The zero-order valence-corrected chi connectivity index (χ0v) is 14.5. The number of rotatable bonds is 3. The van der Waals surface area contributed by atoms with Gasteiger partial charge in [-0.15, -0.1) is 0 Å². The molecule has 0 aliphatic rings. The first-order valence-electron chi connectivity index (χ1n) is 8.54. The van der Waals surface area contributed by atoms with Gasteiger partial charge in [0, 0.05) is 22.8 Å². The summed E-state index contributed by atoms with van der Waals surface area (Å²) in [6.45, 7) is 2.01. The van der Waals surface area contributed by atoms with Gasteiger partial charge in [-0.3, -0.25) is 14.7 Å². The number of aromatic nitrogens is 1. The van der Waals surface area contributed by atoms with E-state index in [9.17, 15) is 4.79 Å². The second-order valence-corrected chi connectivity index (χ2v) is 6.19. The van der Waals surface area contributed by atoms with Crippen LogP contribution in [0, 0.1) is 6.92 Å². The van der Waals surface area contributed by atoms with Gasteiger partial charge < -0.3 is 0 Å². The summed E-state index contributed by atoms with van der Waals surface area (Å²) in [4.78, 5) is 19.7. The first kappa shape index (κ1) is 16.0. The van der Waals surface area contributed by atoms with Crippen molar-refractivity contribution in [2.75, 3.05) is 4.90 Å². The molecule has 3 nitrogen and oxygen atoms in total. The van der Waals surface area contributed by atoms with E-state index in [-0.39, 0.29) is 5.91 Å². The predicted molar refractivity (Wildman–Crippen MR) is 106 cm³/mol. The molecule has 0 saturated heterocycles. The topological polar surface area (TPSA) is 33.2 Å². The number of para-hydroxylation sites is 2. The van der Waals surface area contributed by atoms with E-state index in [1.807, 2.05) is 91.9 Å². The molecule has 4 aromatic rings. The quantitative estimate of drug-likeness (QED) is 0.492. The second-order valence-electron chi connectivity index (χ2n) is 6.19.